The zero-order valence-corrected chi connectivity index (χ0v) is 16.4. The second kappa shape index (κ2) is 7.52. The highest BCUT2D eigenvalue weighted by Crippen LogP contribution is 2.31. The van der Waals surface area contributed by atoms with Gasteiger partial charge in [0, 0.05) is 30.6 Å². The number of tetrazole rings is 1. The molecule has 0 spiro atoms. The molecule has 0 bridgehead atoms. The largest absolute Gasteiger partial charge is 0.336 e. The minimum atomic E-state index is 0.0599. The van der Waals surface area contributed by atoms with Gasteiger partial charge in [0.15, 0.2) is 0 Å². The summed E-state index contributed by atoms with van der Waals surface area (Å²) in [4.78, 5) is 17.3. The van der Waals surface area contributed by atoms with E-state index >= 15 is 0 Å². The van der Waals surface area contributed by atoms with Crippen molar-refractivity contribution < 1.29 is 4.79 Å². The average molecular weight is 376 g/mol. The predicted molar refractivity (Wildman–Crippen MR) is 106 cm³/mol. The number of hydrogen-bond donors (Lipinski definition) is 0. The topological polar surface area (TPSA) is 67.2 Å². The van der Waals surface area contributed by atoms with E-state index in [9.17, 15) is 4.79 Å². The Hall–Kier alpha value is -3.06. The van der Waals surface area contributed by atoms with Crippen molar-refractivity contribution in [2.75, 3.05) is 27.2 Å². The highest BCUT2D eigenvalue weighted by atomic mass is 16.2. The number of hydrogen-bond acceptors (Lipinski definition) is 5. The lowest BCUT2D eigenvalue weighted by Crippen LogP contribution is -2.35. The van der Waals surface area contributed by atoms with Gasteiger partial charge in [0.25, 0.3) is 5.91 Å². The Labute approximate surface area is 164 Å². The molecule has 1 saturated heterocycles. The van der Waals surface area contributed by atoms with Crippen LogP contribution >= 0.6 is 0 Å². The fraction of sp³-hybridized carbons (Fsp3) is 0.333. The fourth-order valence-corrected chi connectivity index (χ4v) is 3.84. The van der Waals surface area contributed by atoms with Crippen LogP contribution in [0.5, 0.6) is 0 Å². The van der Waals surface area contributed by atoms with Gasteiger partial charge in [-0.3, -0.25) is 4.79 Å². The summed E-state index contributed by atoms with van der Waals surface area (Å²) in [5.41, 5.74) is 4.04. The van der Waals surface area contributed by atoms with E-state index in [-0.39, 0.29) is 5.91 Å². The molecular weight excluding hydrogens is 352 g/mol. The molecule has 3 aromatic rings. The van der Waals surface area contributed by atoms with Crippen LogP contribution in [-0.2, 0) is 0 Å². The summed E-state index contributed by atoms with van der Waals surface area (Å²) in [7, 11) is 4.17. The molecule has 1 fully saturated rings. The molecule has 7 heteroatoms. The number of likely N-dealkylation sites (N-methyl/N-ethyl adjacent to an activating group) is 1. The van der Waals surface area contributed by atoms with Crippen molar-refractivity contribution in [2.45, 2.75) is 18.9 Å². The van der Waals surface area contributed by atoms with Gasteiger partial charge in [-0.2, -0.15) is 0 Å². The van der Waals surface area contributed by atoms with Gasteiger partial charge in [0.1, 0.15) is 6.33 Å². The van der Waals surface area contributed by atoms with E-state index in [0.717, 1.165) is 18.8 Å². The molecule has 2 aromatic carbocycles. The fourth-order valence-electron chi connectivity index (χ4n) is 3.84. The van der Waals surface area contributed by atoms with Gasteiger partial charge >= 0.3 is 0 Å². The molecule has 1 aromatic heterocycles. The van der Waals surface area contributed by atoms with Gasteiger partial charge < -0.3 is 9.80 Å². The first-order valence-corrected chi connectivity index (χ1v) is 9.38. The van der Waals surface area contributed by atoms with Crippen molar-refractivity contribution in [3.05, 3.63) is 71.5 Å². The first-order valence-electron chi connectivity index (χ1n) is 9.38. The number of likely N-dealkylation sites (tertiary alicyclic amines) is 1. The minimum Gasteiger partial charge on any atom is -0.336 e. The van der Waals surface area contributed by atoms with Gasteiger partial charge in [0.05, 0.1) is 5.69 Å². The Morgan fingerprint density at radius 2 is 1.75 bits per heavy atom. The molecule has 0 saturated carbocycles. The van der Waals surface area contributed by atoms with Crippen molar-refractivity contribution >= 4 is 5.91 Å². The summed E-state index contributed by atoms with van der Waals surface area (Å²) < 4.78 is 1.57. The van der Waals surface area contributed by atoms with E-state index in [0.29, 0.717) is 17.5 Å². The second-order valence-electron chi connectivity index (χ2n) is 7.56. The third-order valence-corrected chi connectivity index (χ3v) is 5.47. The molecule has 1 aliphatic heterocycles. The van der Waals surface area contributed by atoms with Crippen LogP contribution in [0.15, 0.2) is 54.9 Å². The third kappa shape index (κ3) is 3.53. The standard InChI is InChI=1S/C21H24N6O/c1-15-4-6-16(7-5-15)19-12-26(13-20(19)25(2)3)21(28)17-8-10-18(11-9-17)27-14-22-23-24-27/h4-11,14,19-20H,12-13H2,1-3H3. The Morgan fingerprint density at radius 3 is 2.36 bits per heavy atom. The molecule has 4 rings (SSSR count). The normalized spacial score (nSPS) is 19.4. The summed E-state index contributed by atoms with van der Waals surface area (Å²) in [5, 5.41) is 11.2. The molecule has 2 heterocycles. The van der Waals surface area contributed by atoms with Gasteiger partial charge in [0.2, 0.25) is 0 Å². The number of amides is 1. The van der Waals surface area contributed by atoms with Crippen LogP contribution < -0.4 is 0 Å². The highest BCUT2D eigenvalue weighted by Gasteiger charge is 2.37. The van der Waals surface area contributed by atoms with E-state index < -0.39 is 0 Å². The lowest BCUT2D eigenvalue weighted by atomic mass is 9.93. The van der Waals surface area contributed by atoms with Crippen LogP contribution in [0.1, 0.15) is 27.4 Å². The molecule has 2 unspecified atom stereocenters. The molecule has 0 N–H and O–H groups in total. The zero-order chi connectivity index (χ0) is 19.7. The van der Waals surface area contributed by atoms with Gasteiger partial charge in [-0.25, -0.2) is 4.68 Å². The highest BCUT2D eigenvalue weighted by molar-refractivity contribution is 5.94. The number of nitrogens with zero attached hydrogens (tertiary/aromatic N) is 6. The Bertz CT molecular complexity index is 934. The van der Waals surface area contributed by atoms with Crippen LogP contribution in [0.2, 0.25) is 0 Å². The SMILES string of the molecule is Cc1ccc(C2CN(C(=O)c3ccc(-n4cnnn4)cc3)CC2N(C)C)cc1. The quantitative estimate of drug-likeness (QED) is 0.698. The van der Waals surface area contributed by atoms with E-state index in [4.69, 9.17) is 0 Å². The van der Waals surface area contributed by atoms with Crippen LogP contribution in [0.3, 0.4) is 0 Å². The molecule has 0 radical (unpaired) electrons. The van der Waals surface area contributed by atoms with Gasteiger partial charge in [-0.15, -0.1) is 5.10 Å². The van der Waals surface area contributed by atoms with Crippen molar-refractivity contribution in [1.82, 2.24) is 30.0 Å². The molecule has 7 nitrogen and oxygen atoms in total. The Balaban J connectivity index is 1.53. The first kappa shape index (κ1) is 18.3. The molecule has 2 atom stereocenters. The van der Waals surface area contributed by atoms with Crippen molar-refractivity contribution in [3.63, 3.8) is 0 Å². The van der Waals surface area contributed by atoms with E-state index in [1.165, 1.54) is 17.5 Å². The third-order valence-electron chi connectivity index (χ3n) is 5.47. The average Bonchev–Trinajstić information content (AvgIpc) is 3.38. The predicted octanol–water partition coefficient (Wildman–Crippen LogP) is 2.14. The zero-order valence-electron chi connectivity index (χ0n) is 16.4. The smallest absolute Gasteiger partial charge is 0.253 e. The van der Waals surface area contributed by atoms with Gasteiger partial charge in [-0.1, -0.05) is 29.8 Å². The van der Waals surface area contributed by atoms with E-state index in [1.807, 2.05) is 29.2 Å². The van der Waals surface area contributed by atoms with Crippen molar-refractivity contribution in [1.29, 1.82) is 0 Å². The van der Waals surface area contributed by atoms with Crippen LogP contribution in [0, 0.1) is 6.92 Å². The number of benzene rings is 2. The molecule has 0 aliphatic carbocycles. The Morgan fingerprint density at radius 1 is 1.04 bits per heavy atom. The molecule has 1 amide bonds. The Kier molecular flexibility index (Phi) is 4.92. The van der Waals surface area contributed by atoms with E-state index in [1.54, 1.807) is 4.68 Å². The van der Waals surface area contributed by atoms with Crippen molar-refractivity contribution in [3.8, 4) is 5.69 Å². The molecular formula is C21H24N6O. The first-order chi connectivity index (χ1) is 13.5. The molecule has 1 aliphatic rings. The van der Waals surface area contributed by atoms with Crippen LogP contribution in [0.4, 0.5) is 0 Å². The summed E-state index contributed by atoms with van der Waals surface area (Å²) in [6, 6.07) is 16.4. The maximum Gasteiger partial charge on any atom is 0.253 e. The summed E-state index contributed by atoms with van der Waals surface area (Å²) in [5.74, 6) is 0.366. The lowest BCUT2D eigenvalue weighted by Gasteiger charge is -2.25. The number of carbonyl (C=O) groups excluding carboxylic acids is 1. The second-order valence-corrected chi connectivity index (χ2v) is 7.56. The number of carbonyl (C=O) groups is 1. The summed E-state index contributed by atoms with van der Waals surface area (Å²) in [6.45, 7) is 3.54. The summed E-state index contributed by atoms with van der Waals surface area (Å²) >= 11 is 0. The minimum absolute atomic E-state index is 0.0599. The lowest BCUT2D eigenvalue weighted by molar-refractivity contribution is 0.0782. The maximum absolute atomic E-state index is 13.1. The van der Waals surface area contributed by atoms with E-state index in [2.05, 4.69) is 65.7 Å². The molecule has 144 valence electrons. The van der Waals surface area contributed by atoms with Gasteiger partial charge in [-0.05, 0) is 61.3 Å². The van der Waals surface area contributed by atoms with Crippen LogP contribution in [-0.4, -0.2) is 69.1 Å². The number of aryl methyl sites for hydroxylation is 1. The van der Waals surface area contributed by atoms with Crippen molar-refractivity contribution in [2.24, 2.45) is 0 Å². The summed E-state index contributed by atoms with van der Waals surface area (Å²) in [6.07, 6.45) is 1.53. The molecule has 28 heavy (non-hydrogen) atoms. The number of rotatable bonds is 4. The maximum atomic E-state index is 13.1. The number of aromatic nitrogens is 4. The van der Waals surface area contributed by atoms with Crippen LogP contribution in [0.25, 0.3) is 5.69 Å². The monoisotopic (exact) mass is 376 g/mol.